The molecule has 0 bridgehead atoms. The number of benzene rings is 1. The van der Waals surface area contributed by atoms with Gasteiger partial charge in [0.2, 0.25) is 0 Å². The Bertz CT molecular complexity index is 827. The minimum absolute atomic E-state index is 0. The van der Waals surface area contributed by atoms with Crippen LogP contribution in [0.2, 0.25) is 0 Å². The van der Waals surface area contributed by atoms with Gasteiger partial charge in [-0.25, -0.2) is 0 Å². The number of ether oxygens (including phenoxy) is 1. The zero-order chi connectivity index (χ0) is 22.2. The van der Waals surface area contributed by atoms with Gasteiger partial charge in [0.15, 0.2) is 5.96 Å². The summed E-state index contributed by atoms with van der Waals surface area (Å²) in [4.78, 5) is 7.02. The average molecular weight is 556 g/mol. The van der Waals surface area contributed by atoms with Crippen molar-refractivity contribution >= 4 is 29.9 Å². The van der Waals surface area contributed by atoms with Crippen LogP contribution in [0.1, 0.15) is 60.7 Å². The molecule has 178 valence electrons. The van der Waals surface area contributed by atoms with Gasteiger partial charge in [-0.3, -0.25) is 9.89 Å². The lowest BCUT2D eigenvalue weighted by atomic mass is 9.99. The van der Waals surface area contributed by atoms with E-state index in [9.17, 15) is 0 Å². The van der Waals surface area contributed by atoms with E-state index in [-0.39, 0.29) is 29.9 Å². The summed E-state index contributed by atoms with van der Waals surface area (Å²) in [6, 6.07) is 8.74. The van der Waals surface area contributed by atoms with Gasteiger partial charge in [0.25, 0.3) is 0 Å². The molecule has 0 radical (unpaired) electrons. The van der Waals surface area contributed by atoms with Gasteiger partial charge in [0.05, 0.1) is 18.8 Å². The molecular formula is C24H38IN5O2. The first kappa shape index (κ1) is 26.4. The smallest absolute Gasteiger partial charge is 0.191 e. The van der Waals surface area contributed by atoms with E-state index < -0.39 is 0 Å². The second kappa shape index (κ2) is 13.0. The minimum Gasteiger partial charge on any atom is -0.497 e. The van der Waals surface area contributed by atoms with E-state index in [1.165, 1.54) is 30.4 Å². The maximum atomic E-state index is 5.34. The lowest BCUT2D eigenvalue weighted by molar-refractivity contribution is 0.164. The van der Waals surface area contributed by atoms with Crippen molar-refractivity contribution < 1.29 is 9.26 Å². The van der Waals surface area contributed by atoms with Crippen molar-refractivity contribution in [3.05, 3.63) is 46.8 Å². The maximum Gasteiger partial charge on any atom is 0.191 e. The lowest BCUT2D eigenvalue weighted by Crippen LogP contribution is -2.45. The molecule has 2 heterocycles. The topological polar surface area (TPSA) is 74.9 Å². The maximum absolute atomic E-state index is 5.34. The summed E-state index contributed by atoms with van der Waals surface area (Å²) in [5.41, 5.74) is 3.43. The molecule has 2 atom stereocenters. The summed E-state index contributed by atoms with van der Waals surface area (Å²) in [6.45, 7) is 9.97. The zero-order valence-electron chi connectivity index (χ0n) is 20.0. The van der Waals surface area contributed by atoms with Crippen LogP contribution in [0.15, 0.2) is 33.8 Å². The highest BCUT2D eigenvalue weighted by molar-refractivity contribution is 14.0. The van der Waals surface area contributed by atoms with Crippen LogP contribution in [0.4, 0.5) is 0 Å². The number of aliphatic imine (C=N–C) groups is 1. The predicted molar refractivity (Wildman–Crippen MR) is 140 cm³/mol. The van der Waals surface area contributed by atoms with Crippen molar-refractivity contribution in [2.45, 2.75) is 52.0 Å². The summed E-state index contributed by atoms with van der Waals surface area (Å²) in [6.07, 6.45) is 3.84. The van der Waals surface area contributed by atoms with Crippen LogP contribution in [0.5, 0.6) is 5.75 Å². The molecule has 8 heteroatoms. The SMILES string of the molecule is CN=C(NCC(C)c1c(C)noc1C)NCC(c1ccc(OC)cc1)N1CCCCC1.I. The minimum atomic E-state index is 0. The fourth-order valence-corrected chi connectivity index (χ4v) is 4.47. The van der Waals surface area contributed by atoms with Crippen LogP contribution in [-0.4, -0.2) is 56.4 Å². The number of halogens is 1. The van der Waals surface area contributed by atoms with Crippen LogP contribution in [0.3, 0.4) is 0 Å². The van der Waals surface area contributed by atoms with Crippen molar-refractivity contribution in [1.82, 2.24) is 20.7 Å². The van der Waals surface area contributed by atoms with Crippen molar-refractivity contribution in [3.63, 3.8) is 0 Å². The first-order chi connectivity index (χ1) is 15.0. The molecule has 1 saturated heterocycles. The molecule has 0 amide bonds. The Balaban J connectivity index is 0.00000363. The van der Waals surface area contributed by atoms with E-state index in [2.05, 4.69) is 44.7 Å². The van der Waals surface area contributed by atoms with Crippen molar-refractivity contribution in [3.8, 4) is 5.75 Å². The van der Waals surface area contributed by atoms with E-state index in [0.717, 1.165) is 49.3 Å². The third-order valence-electron chi connectivity index (χ3n) is 6.18. The molecule has 0 aliphatic carbocycles. The standard InChI is InChI=1S/C24H37N5O2.HI/c1-17(23-18(2)28-31-19(23)3)15-26-24(25-4)27-16-22(29-13-7-6-8-14-29)20-9-11-21(30-5)12-10-20;/h9-12,17,22H,6-8,13-16H2,1-5H3,(H2,25,26,27);1H. The number of likely N-dealkylation sites (tertiary alicyclic amines) is 1. The Morgan fingerprint density at radius 2 is 1.78 bits per heavy atom. The number of nitrogens with one attached hydrogen (secondary N) is 2. The van der Waals surface area contributed by atoms with Crippen molar-refractivity contribution in [1.29, 1.82) is 0 Å². The van der Waals surface area contributed by atoms with Gasteiger partial charge in [0.1, 0.15) is 11.5 Å². The Kier molecular flexibility index (Phi) is 10.8. The van der Waals surface area contributed by atoms with Crippen LogP contribution in [0.25, 0.3) is 0 Å². The van der Waals surface area contributed by atoms with E-state index >= 15 is 0 Å². The zero-order valence-corrected chi connectivity index (χ0v) is 22.3. The van der Waals surface area contributed by atoms with Crippen molar-refractivity contribution in [2.75, 3.05) is 40.3 Å². The highest BCUT2D eigenvalue weighted by atomic mass is 127. The number of hydrogen-bond acceptors (Lipinski definition) is 5. The summed E-state index contributed by atoms with van der Waals surface area (Å²) in [7, 11) is 3.52. The monoisotopic (exact) mass is 555 g/mol. The molecule has 1 fully saturated rings. The number of guanidine groups is 1. The molecule has 2 N–H and O–H groups in total. The number of piperidine rings is 1. The van der Waals surface area contributed by atoms with Crippen LogP contribution >= 0.6 is 24.0 Å². The molecule has 2 unspecified atom stereocenters. The van der Waals surface area contributed by atoms with E-state index in [0.29, 0.717) is 6.04 Å². The molecule has 0 saturated carbocycles. The number of methoxy groups -OCH3 is 1. The van der Waals surface area contributed by atoms with Crippen LogP contribution in [-0.2, 0) is 0 Å². The van der Waals surface area contributed by atoms with Gasteiger partial charge >= 0.3 is 0 Å². The summed E-state index contributed by atoms with van der Waals surface area (Å²) >= 11 is 0. The van der Waals surface area contributed by atoms with Crippen LogP contribution < -0.4 is 15.4 Å². The van der Waals surface area contributed by atoms with Gasteiger partial charge in [0, 0.05) is 31.6 Å². The predicted octanol–water partition coefficient (Wildman–Crippen LogP) is 4.41. The van der Waals surface area contributed by atoms with Gasteiger partial charge in [-0.1, -0.05) is 30.6 Å². The summed E-state index contributed by atoms with van der Waals surface area (Å²) in [5, 5.41) is 11.1. The number of aromatic nitrogens is 1. The first-order valence-electron chi connectivity index (χ1n) is 11.3. The number of nitrogens with zero attached hydrogens (tertiary/aromatic N) is 3. The van der Waals surface area contributed by atoms with E-state index in [1.807, 2.05) is 33.0 Å². The molecular weight excluding hydrogens is 517 g/mol. The fraction of sp³-hybridized carbons (Fsp3) is 0.583. The second-order valence-corrected chi connectivity index (χ2v) is 8.36. The molecule has 1 aliphatic heterocycles. The molecule has 32 heavy (non-hydrogen) atoms. The first-order valence-corrected chi connectivity index (χ1v) is 11.3. The van der Waals surface area contributed by atoms with Crippen molar-refractivity contribution in [2.24, 2.45) is 4.99 Å². The van der Waals surface area contributed by atoms with Gasteiger partial charge in [-0.05, 0) is 57.5 Å². The summed E-state index contributed by atoms with van der Waals surface area (Å²) < 4.78 is 10.7. The molecule has 3 rings (SSSR count). The quantitative estimate of drug-likeness (QED) is 0.286. The number of hydrogen-bond donors (Lipinski definition) is 2. The lowest BCUT2D eigenvalue weighted by Gasteiger charge is -2.35. The van der Waals surface area contributed by atoms with Crippen LogP contribution in [0, 0.1) is 13.8 Å². The average Bonchev–Trinajstić information content (AvgIpc) is 3.14. The third-order valence-corrected chi connectivity index (χ3v) is 6.18. The van der Waals surface area contributed by atoms with Gasteiger partial charge in [-0.2, -0.15) is 0 Å². The molecule has 1 aromatic heterocycles. The Morgan fingerprint density at radius 1 is 1.12 bits per heavy atom. The van der Waals surface area contributed by atoms with Gasteiger partial charge in [-0.15, -0.1) is 24.0 Å². The Labute approximate surface area is 209 Å². The molecule has 7 nitrogen and oxygen atoms in total. The fourth-order valence-electron chi connectivity index (χ4n) is 4.47. The second-order valence-electron chi connectivity index (χ2n) is 8.36. The van der Waals surface area contributed by atoms with Gasteiger partial charge < -0.3 is 19.9 Å². The number of aryl methyl sites for hydroxylation is 2. The molecule has 1 aromatic carbocycles. The molecule has 2 aromatic rings. The molecule has 0 spiro atoms. The highest BCUT2D eigenvalue weighted by Crippen LogP contribution is 2.26. The normalized spacial score (nSPS) is 16.7. The highest BCUT2D eigenvalue weighted by Gasteiger charge is 2.23. The number of rotatable bonds is 8. The third kappa shape index (κ3) is 6.84. The molecule has 1 aliphatic rings. The Hall–Kier alpha value is -1.81. The largest absolute Gasteiger partial charge is 0.497 e. The van der Waals surface area contributed by atoms with E-state index in [1.54, 1.807) is 7.11 Å². The Morgan fingerprint density at radius 3 is 2.34 bits per heavy atom. The summed E-state index contributed by atoms with van der Waals surface area (Å²) in [5.74, 6) is 2.87. The van der Waals surface area contributed by atoms with E-state index in [4.69, 9.17) is 9.26 Å².